The number of fused-ring (bicyclic) bond motifs is 1. The van der Waals surface area contributed by atoms with Crippen molar-refractivity contribution in [1.29, 1.82) is 0 Å². The maximum Gasteiger partial charge on any atom is 0.243 e. The second kappa shape index (κ2) is 9.15. The van der Waals surface area contributed by atoms with Gasteiger partial charge in [-0.2, -0.15) is 4.31 Å². The average molecular weight is 436 g/mol. The fourth-order valence-electron chi connectivity index (χ4n) is 3.17. The Kier molecular flexibility index (Phi) is 6.82. The molecule has 3 rings (SSSR count). The monoisotopic (exact) mass is 435 g/mol. The number of ether oxygens (including phenoxy) is 1. The summed E-state index contributed by atoms with van der Waals surface area (Å²) in [5, 5.41) is 0.724. The third-order valence-corrected chi connectivity index (χ3v) is 7.27. The van der Waals surface area contributed by atoms with Crippen LogP contribution in [0.2, 0.25) is 5.02 Å². The molecule has 3 aromatic rings. The second-order valence-electron chi connectivity index (χ2n) is 6.81. The first-order valence-electron chi connectivity index (χ1n) is 9.73. The Bertz CT molecular complexity index is 1090. The summed E-state index contributed by atoms with van der Waals surface area (Å²) < 4.78 is 32.6. The van der Waals surface area contributed by atoms with Crippen molar-refractivity contribution >= 4 is 32.7 Å². The van der Waals surface area contributed by atoms with E-state index >= 15 is 0 Å². The van der Waals surface area contributed by atoms with Gasteiger partial charge in [0.25, 0.3) is 0 Å². The number of aryl methyl sites for hydroxylation is 2. The van der Waals surface area contributed by atoms with Crippen LogP contribution in [0.15, 0.2) is 41.3 Å². The van der Waals surface area contributed by atoms with Crippen molar-refractivity contribution in [3.8, 4) is 5.75 Å². The molecule has 0 radical (unpaired) electrons. The SMILES string of the molecule is CCN(CC)S(=O)(=O)c1ccc2nc(CCCOc3ccc(Cl)c(C)c3)[nH]c2c1. The summed E-state index contributed by atoms with van der Waals surface area (Å²) in [6, 6.07) is 10.6. The van der Waals surface area contributed by atoms with E-state index in [1.54, 1.807) is 18.2 Å². The minimum Gasteiger partial charge on any atom is -0.494 e. The molecule has 0 saturated heterocycles. The fourth-order valence-corrected chi connectivity index (χ4v) is 4.77. The molecule has 2 aromatic carbocycles. The molecule has 6 nitrogen and oxygen atoms in total. The van der Waals surface area contributed by atoms with Gasteiger partial charge in [-0.05, 0) is 55.3 Å². The summed E-state index contributed by atoms with van der Waals surface area (Å²) in [5.41, 5.74) is 2.46. The predicted octanol–water partition coefficient (Wildman–Crippen LogP) is 4.57. The van der Waals surface area contributed by atoms with Crippen LogP contribution in [0.4, 0.5) is 0 Å². The molecule has 156 valence electrons. The Balaban J connectivity index is 1.64. The largest absolute Gasteiger partial charge is 0.494 e. The molecule has 0 bridgehead atoms. The van der Waals surface area contributed by atoms with Gasteiger partial charge in [-0.1, -0.05) is 25.4 Å². The molecule has 8 heteroatoms. The Labute approximate surface area is 176 Å². The molecule has 0 aliphatic heterocycles. The quantitative estimate of drug-likeness (QED) is 0.499. The van der Waals surface area contributed by atoms with Gasteiger partial charge in [0.05, 0.1) is 22.5 Å². The van der Waals surface area contributed by atoms with Crippen molar-refractivity contribution in [3.63, 3.8) is 0 Å². The summed E-state index contributed by atoms with van der Waals surface area (Å²) in [6.07, 6.45) is 1.49. The molecule has 0 aliphatic carbocycles. The topological polar surface area (TPSA) is 75.3 Å². The van der Waals surface area contributed by atoms with Crippen LogP contribution >= 0.6 is 11.6 Å². The van der Waals surface area contributed by atoms with Gasteiger partial charge in [-0.3, -0.25) is 0 Å². The smallest absolute Gasteiger partial charge is 0.243 e. The van der Waals surface area contributed by atoms with E-state index in [0.717, 1.165) is 39.6 Å². The highest BCUT2D eigenvalue weighted by molar-refractivity contribution is 7.89. The molecular weight excluding hydrogens is 410 g/mol. The van der Waals surface area contributed by atoms with E-state index in [2.05, 4.69) is 9.97 Å². The molecule has 0 saturated carbocycles. The standard InChI is InChI=1S/C21H26ClN3O3S/c1-4-25(5-2)29(26,27)17-9-11-19-20(14-17)24-21(23-19)7-6-12-28-16-8-10-18(22)15(3)13-16/h8-11,13-14H,4-7,12H2,1-3H3,(H,23,24). The van der Waals surface area contributed by atoms with Crippen LogP contribution in [0.3, 0.4) is 0 Å². The number of rotatable bonds is 9. The molecule has 0 amide bonds. The van der Waals surface area contributed by atoms with Crippen LogP contribution in [0.5, 0.6) is 5.75 Å². The van der Waals surface area contributed by atoms with Crippen molar-refractivity contribution in [2.24, 2.45) is 0 Å². The van der Waals surface area contributed by atoms with E-state index in [1.165, 1.54) is 4.31 Å². The second-order valence-corrected chi connectivity index (χ2v) is 9.16. The van der Waals surface area contributed by atoms with Crippen molar-refractivity contribution < 1.29 is 13.2 Å². The maximum absolute atomic E-state index is 12.7. The van der Waals surface area contributed by atoms with Crippen LogP contribution in [0.1, 0.15) is 31.7 Å². The van der Waals surface area contributed by atoms with E-state index in [4.69, 9.17) is 16.3 Å². The molecule has 0 fully saturated rings. The van der Waals surface area contributed by atoms with Gasteiger partial charge in [0, 0.05) is 24.5 Å². The summed E-state index contributed by atoms with van der Waals surface area (Å²) in [6.45, 7) is 7.05. The van der Waals surface area contributed by atoms with Crippen LogP contribution in [-0.4, -0.2) is 42.4 Å². The number of benzene rings is 2. The highest BCUT2D eigenvalue weighted by Crippen LogP contribution is 2.22. The Morgan fingerprint density at radius 1 is 1.14 bits per heavy atom. The molecule has 29 heavy (non-hydrogen) atoms. The number of H-pyrrole nitrogens is 1. The maximum atomic E-state index is 12.7. The minimum absolute atomic E-state index is 0.283. The Morgan fingerprint density at radius 3 is 2.59 bits per heavy atom. The van der Waals surface area contributed by atoms with E-state index < -0.39 is 10.0 Å². The molecular formula is C21H26ClN3O3S. The van der Waals surface area contributed by atoms with Crippen LogP contribution in [-0.2, 0) is 16.4 Å². The van der Waals surface area contributed by atoms with E-state index in [9.17, 15) is 8.42 Å². The van der Waals surface area contributed by atoms with Gasteiger partial charge >= 0.3 is 0 Å². The lowest BCUT2D eigenvalue weighted by Gasteiger charge is -2.18. The number of imidazole rings is 1. The number of aromatic amines is 1. The highest BCUT2D eigenvalue weighted by Gasteiger charge is 2.22. The molecule has 0 aliphatic rings. The number of hydrogen-bond donors (Lipinski definition) is 1. The Hall–Kier alpha value is -2.09. The lowest BCUT2D eigenvalue weighted by Crippen LogP contribution is -2.30. The zero-order chi connectivity index (χ0) is 21.0. The summed E-state index contributed by atoms with van der Waals surface area (Å²) in [5.74, 6) is 1.61. The zero-order valence-electron chi connectivity index (χ0n) is 16.9. The minimum atomic E-state index is -3.49. The molecule has 0 atom stereocenters. The first-order chi connectivity index (χ1) is 13.8. The van der Waals surface area contributed by atoms with Gasteiger partial charge < -0.3 is 9.72 Å². The lowest BCUT2D eigenvalue weighted by molar-refractivity contribution is 0.310. The van der Waals surface area contributed by atoms with Crippen LogP contribution in [0, 0.1) is 6.92 Å². The number of aromatic nitrogens is 2. The van der Waals surface area contributed by atoms with Crippen molar-refractivity contribution in [2.75, 3.05) is 19.7 Å². The first-order valence-corrected chi connectivity index (χ1v) is 11.5. The summed E-state index contributed by atoms with van der Waals surface area (Å²) in [7, 11) is -3.49. The highest BCUT2D eigenvalue weighted by atomic mass is 35.5. The van der Waals surface area contributed by atoms with Crippen molar-refractivity contribution in [2.45, 2.75) is 38.5 Å². The number of hydrogen-bond acceptors (Lipinski definition) is 4. The van der Waals surface area contributed by atoms with Gasteiger partial charge in [0.15, 0.2) is 0 Å². The third-order valence-electron chi connectivity index (χ3n) is 4.80. The van der Waals surface area contributed by atoms with Crippen molar-refractivity contribution in [3.05, 3.63) is 52.8 Å². The molecule has 0 spiro atoms. The first kappa shape index (κ1) is 21.6. The van der Waals surface area contributed by atoms with Gasteiger partial charge in [0.1, 0.15) is 11.6 Å². The number of halogens is 1. The van der Waals surface area contributed by atoms with Gasteiger partial charge in [-0.15, -0.1) is 0 Å². The Morgan fingerprint density at radius 2 is 1.90 bits per heavy atom. The normalized spacial score (nSPS) is 12.0. The fraction of sp³-hybridized carbons (Fsp3) is 0.381. The lowest BCUT2D eigenvalue weighted by atomic mass is 10.2. The third kappa shape index (κ3) is 4.91. The number of sulfonamides is 1. The van der Waals surface area contributed by atoms with Gasteiger partial charge in [0.2, 0.25) is 10.0 Å². The molecule has 1 N–H and O–H groups in total. The molecule has 1 heterocycles. The van der Waals surface area contributed by atoms with Crippen LogP contribution in [0.25, 0.3) is 11.0 Å². The predicted molar refractivity (Wildman–Crippen MR) is 116 cm³/mol. The summed E-state index contributed by atoms with van der Waals surface area (Å²) in [4.78, 5) is 8.07. The van der Waals surface area contributed by atoms with E-state index in [-0.39, 0.29) is 4.90 Å². The zero-order valence-corrected chi connectivity index (χ0v) is 18.5. The number of nitrogens with zero attached hydrogens (tertiary/aromatic N) is 2. The number of nitrogens with one attached hydrogen (secondary N) is 1. The molecule has 0 unspecified atom stereocenters. The average Bonchev–Trinajstić information content (AvgIpc) is 3.10. The molecule has 1 aromatic heterocycles. The van der Waals surface area contributed by atoms with Crippen LogP contribution < -0.4 is 4.74 Å². The van der Waals surface area contributed by atoms with Crippen molar-refractivity contribution in [1.82, 2.24) is 14.3 Å². The summed E-state index contributed by atoms with van der Waals surface area (Å²) >= 11 is 6.03. The van der Waals surface area contributed by atoms with Gasteiger partial charge in [-0.25, -0.2) is 13.4 Å². The van der Waals surface area contributed by atoms with E-state index in [0.29, 0.717) is 26.1 Å². The van der Waals surface area contributed by atoms with E-state index in [1.807, 2.05) is 39.0 Å².